The fourth-order valence-electron chi connectivity index (χ4n) is 5.57. The van der Waals surface area contributed by atoms with Crippen molar-refractivity contribution < 1.29 is 4.79 Å². The lowest BCUT2D eigenvalue weighted by Gasteiger charge is -2.56. The van der Waals surface area contributed by atoms with Crippen LogP contribution in [-0.4, -0.2) is 22.8 Å². The van der Waals surface area contributed by atoms with Gasteiger partial charge in [0.05, 0.1) is 22.7 Å². The predicted molar refractivity (Wildman–Crippen MR) is 83.9 cm³/mol. The van der Waals surface area contributed by atoms with E-state index in [1.54, 1.807) is 11.3 Å². The van der Waals surface area contributed by atoms with Crippen molar-refractivity contribution >= 4 is 17.2 Å². The van der Waals surface area contributed by atoms with E-state index in [1.807, 2.05) is 18.9 Å². The molecule has 1 aromatic heterocycles. The first-order valence-electron chi connectivity index (χ1n) is 8.21. The lowest BCUT2D eigenvalue weighted by Crippen LogP contribution is -2.53. The molecule has 0 aromatic carbocycles. The van der Waals surface area contributed by atoms with Crippen molar-refractivity contribution in [2.24, 2.45) is 23.2 Å². The van der Waals surface area contributed by atoms with Gasteiger partial charge in [0.2, 0.25) is 5.91 Å². The molecule has 0 unspecified atom stereocenters. The third-order valence-corrected chi connectivity index (χ3v) is 6.73. The minimum absolute atomic E-state index is 0.0193. The first-order chi connectivity index (χ1) is 10.0. The molecule has 0 N–H and O–H groups in total. The second-order valence-electron chi connectivity index (χ2n) is 7.72. The molecule has 4 aliphatic carbocycles. The Morgan fingerprint density at radius 3 is 2.33 bits per heavy atom. The van der Waals surface area contributed by atoms with Gasteiger partial charge in [0.1, 0.15) is 0 Å². The first kappa shape index (κ1) is 13.7. The molecule has 0 saturated heterocycles. The van der Waals surface area contributed by atoms with Gasteiger partial charge in [-0.3, -0.25) is 4.79 Å². The van der Waals surface area contributed by atoms with Gasteiger partial charge in [-0.15, -0.1) is 11.3 Å². The molecular weight excluding hydrogens is 280 g/mol. The zero-order chi connectivity index (χ0) is 14.6. The number of aryl methyl sites for hydroxylation is 1. The summed E-state index contributed by atoms with van der Waals surface area (Å²) in [6.45, 7) is 2.69. The number of thiazole rings is 1. The van der Waals surface area contributed by atoms with Crippen LogP contribution in [0.3, 0.4) is 0 Å². The maximum atomic E-state index is 13.1. The summed E-state index contributed by atoms with van der Waals surface area (Å²) in [7, 11) is 1.97. The van der Waals surface area contributed by atoms with Crippen LogP contribution >= 0.6 is 11.3 Å². The van der Waals surface area contributed by atoms with Gasteiger partial charge in [-0.05, 0) is 63.2 Å². The van der Waals surface area contributed by atoms with Gasteiger partial charge in [0.15, 0.2) is 0 Å². The molecule has 4 fully saturated rings. The third kappa shape index (κ3) is 2.32. The number of aromatic nitrogens is 1. The molecule has 1 aromatic rings. The van der Waals surface area contributed by atoms with Gasteiger partial charge < -0.3 is 4.90 Å². The predicted octanol–water partition coefficient (Wildman–Crippen LogP) is 3.63. The van der Waals surface area contributed by atoms with Gasteiger partial charge in [0, 0.05) is 12.4 Å². The Kier molecular flexibility index (Phi) is 3.14. The Morgan fingerprint density at radius 2 is 1.86 bits per heavy atom. The molecule has 4 heteroatoms. The van der Waals surface area contributed by atoms with Gasteiger partial charge in [-0.25, -0.2) is 4.98 Å². The fourth-order valence-corrected chi connectivity index (χ4v) is 6.18. The smallest absolute Gasteiger partial charge is 0.228 e. The van der Waals surface area contributed by atoms with Gasteiger partial charge in [-0.2, -0.15) is 0 Å². The lowest BCUT2D eigenvalue weighted by molar-refractivity contribution is -0.156. The molecule has 5 rings (SSSR count). The Hall–Kier alpha value is -0.900. The molecule has 3 nitrogen and oxygen atoms in total. The zero-order valence-electron chi connectivity index (χ0n) is 13.0. The maximum Gasteiger partial charge on any atom is 0.228 e. The van der Waals surface area contributed by atoms with Crippen molar-refractivity contribution in [2.45, 2.75) is 52.0 Å². The van der Waals surface area contributed by atoms with E-state index in [9.17, 15) is 4.79 Å². The van der Waals surface area contributed by atoms with Crippen LogP contribution in [0.15, 0.2) is 5.38 Å². The summed E-state index contributed by atoms with van der Waals surface area (Å²) in [4.78, 5) is 19.6. The Labute approximate surface area is 130 Å². The molecule has 21 heavy (non-hydrogen) atoms. The van der Waals surface area contributed by atoms with Crippen LogP contribution in [0.2, 0.25) is 0 Å². The van der Waals surface area contributed by atoms with Crippen molar-refractivity contribution in [3.8, 4) is 0 Å². The normalized spacial score (nSPS) is 37.0. The average Bonchev–Trinajstić information content (AvgIpc) is 2.81. The fraction of sp³-hybridized carbons (Fsp3) is 0.765. The van der Waals surface area contributed by atoms with E-state index in [1.165, 1.54) is 19.3 Å². The summed E-state index contributed by atoms with van der Waals surface area (Å²) in [5, 5.41) is 3.17. The molecule has 4 bridgehead atoms. The van der Waals surface area contributed by atoms with Crippen LogP contribution < -0.4 is 0 Å². The lowest BCUT2D eigenvalue weighted by atomic mass is 9.49. The molecule has 0 atom stereocenters. The van der Waals surface area contributed by atoms with E-state index in [-0.39, 0.29) is 5.41 Å². The van der Waals surface area contributed by atoms with E-state index in [0.29, 0.717) is 12.5 Å². The number of carbonyl (C=O) groups excluding carboxylic acids is 1. The molecule has 4 aliphatic rings. The molecule has 0 aliphatic heterocycles. The Balaban J connectivity index is 1.51. The van der Waals surface area contributed by atoms with E-state index in [0.717, 1.165) is 47.7 Å². The van der Waals surface area contributed by atoms with E-state index in [2.05, 4.69) is 10.4 Å². The van der Waals surface area contributed by atoms with Crippen molar-refractivity contribution in [1.29, 1.82) is 0 Å². The number of carbonyl (C=O) groups is 1. The van der Waals surface area contributed by atoms with Gasteiger partial charge in [0.25, 0.3) is 0 Å². The van der Waals surface area contributed by atoms with Gasteiger partial charge in [-0.1, -0.05) is 0 Å². The van der Waals surface area contributed by atoms with Crippen molar-refractivity contribution in [3.05, 3.63) is 16.1 Å². The summed E-state index contributed by atoms with van der Waals surface area (Å²) in [6.07, 6.45) is 7.62. The first-order valence-corrected chi connectivity index (χ1v) is 9.08. The summed E-state index contributed by atoms with van der Waals surface area (Å²) in [6, 6.07) is 0. The van der Waals surface area contributed by atoms with Crippen LogP contribution in [0.1, 0.15) is 49.2 Å². The number of nitrogens with zero attached hydrogens (tertiary/aromatic N) is 2. The van der Waals surface area contributed by atoms with Crippen LogP contribution in [-0.2, 0) is 11.3 Å². The minimum Gasteiger partial charge on any atom is -0.339 e. The number of amides is 1. The molecule has 1 amide bonds. The van der Waals surface area contributed by atoms with Crippen molar-refractivity contribution in [1.82, 2.24) is 9.88 Å². The van der Waals surface area contributed by atoms with E-state index >= 15 is 0 Å². The summed E-state index contributed by atoms with van der Waals surface area (Å²) >= 11 is 1.67. The Bertz CT molecular complexity index is 530. The highest BCUT2D eigenvalue weighted by Gasteiger charge is 2.55. The van der Waals surface area contributed by atoms with Crippen LogP contribution in [0.5, 0.6) is 0 Å². The molecule has 1 heterocycles. The average molecular weight is 304 g/mol. The van der Waals surface area contributed by atoms with Crippen molar-refractivity contribution in [3.63, 3.8) is 0 Å². The molecular formula is C17H24N2OS. The largest absolute Gasteiger partial charge is 0.339 e. The minimum atomic E-state index is -0.0193. The van der Waals surface area contributed by atoms with E-state index in [4.69, 9.17) is 0 Å². The second kappa shape index (κ2) is 4.80. The standard InChI is InChI=1S/C17H24N2OS/c1-11-18-15(10-21-11)9-19(2)16(20)17-6-12-3-13(7-17)5-14(4-12)8-17/h10,12-14H,3-9H2,1-2H3. The van der Waals surface area contributed by atoms with Crippen LogP contribution in [0.25, 0.3) is 0 Å². The number of hydrogen-bond acceptors (Lipinski definition) is 3. The molecule has 0 radical (unpaired) electrons. The topological polar surface area (TPSA) is 33.2 Å². The van der Waals surface area contributed by atoms with E-state index < -0.39 is 0 Å². The summed E-state index contributed by atoms with van der Waals surface area (Å²) in [5.74, 6) is 2.88. The summed E-state index contributed by atoms with van der Waals surface area (Å²) < 4.78 is 0. The van der Waals surface area contributed by atoms with Crippen molar-refractivity contribution in [2.75, 3.05) is 7.05 Å². The van der Waals surface area contributed by atoms with Crippen LogP contribution in [0.4, 0.5) is 0 Å². The maximum absolute atomic E-state index is 13.1. The quantitative estimate of drug-likeness (QED) is 0.854. The zero-order valence-corrected chi connectivity index (χ0v) is 13.8. The number of hydrogen-bond donors (Lipinski definition) is 0. The second-order valence-corrected chi connectivity index (χ2v) is 8.78. The highest BCUT2D eigenvalue weighted by Crippen LogP contribution is 2.60. The molecule has 0 spiro atoms. The SMILES string of the molecule is Cc1nc(CN(C)C(=O)C23CC4CC(CC(C4)C2)C3)cs1. The summed E-state index contributed by atoms with van der Waals surface area (Å²) in [5.41, 5.74) is 1.02. The number of rotatable bonds is 3. The third-order valence-electron chi connectivity index (χ3n) is 5.90. The molecule has 4 saturated carbocycles. The monoisotopic (exact) mass is 304 g/mol. The molecule has 114 valence electrons. The van der Waals surface area contributed by atoms with Gasteiger partial charge >= 0.3 is 0 Å². The van der Waals surface area contributed by atoms with Crippen LogP contribution in [0, 0.1) is 30.1 Å². The Morgan fingerprint density at radius 1 is 1.29 bits per heavy atom. The highest BCUT2D eigenvalue weighted by molar-refractivity contribution is 7.09. The highest BCUT2D eigenvalue weighted by atomic mass is 32.1.